The number of hydrogen-bond acceptors (Lipinski definition) is 6. The zero-order chi connectivity index (χ0) is 16.5. The van der Waals surface area contributed by atoms with Gasteiger partial charge in [-0.2, -0.15) is 0 Å². The van der Waals surface area contributed by atoms with E-state index in [-0.39, 0.29) is 5.37 Å². The molecule has 1 aromatic rings. The summed E-state index contributed by atoms with van der Waals surface area (Å²) in [5.74, 6) is 0.584. The van der Waals surface area contributed by atoms with Crippen LogP contribution in [0.5, 0.6) is 17.2 Å². The van der Waals surface area contributed by atoms with E-state index in [0.717, 1.165) is 5.56 Å². The molecule has 1 aliphatic heterocycles. The summed E-state index contributed by atoms with van der Waals surface area (Å²) >= 11 is 1.58. The van der Waals surface area contributed by atoms with Crippen molar-refractivity contribution in [2.75, 3.05) is 21.3 Å². The number of thioether (sulfide) groups is 1. The molecule has 0 saturated carbocycles. The number of carbonyl (C=O) groups is 1. The Labute approximate surface area is 134 Å². The van der Waals surface area contributed by atoms with E-state index >= 15 is 0 Å². The first-order chi connectivity index (χ1) is 10.3. The van der Waals surface area contributed by atoms with Gasteiger partial charge in [-0.25, -0.2) is 0 Å². The Bertz CT molecular complexity index is 550. The van der Waals surface area contributed by atoms with Crippen LogP contribution in [-0.2, 0) is 4.79 Å². The standard InChI is InChI=1S/C15H21NO5S/c1-15(2)12(14(17)18)16-13(22-15)8-6-9(19-3)11(21-5)10(7-8)20-4/h6-7,12-13,16H,1-5H3,(H,17,18)/t12-,13+/m0/s1. The normalized spacial score (nSPS) is 23.1. The van der Waals surface area contributed by atoms with Crippen molar-refractivity contribution in [2.24, 2.45) is 0 Å². The molecule has 2 atom stereocenters. The zero-order valence-corrected chi connectivity index (χ0v) is 14.2. The number of carbonyl (C=O) groups excluding carboxylic acids is 1. The number of rotatable bonds is 5. The van der Waals surface area contributed by atoms with Crippen molar-refractivity contribution < 1.29 is 29.4 Å². The topological polar surface area (TPSA) is 84.4 Å². The minimum atomic E-state index is -1.05. The zero-order valence-electron chi connectivity index (χ0n) is 13.3. The highest BCUT2D eigenvalue weighted by molar-refractivity contribution is 8.00. The van der Waals surface area contributed by atoms with Gasteiger partial charge in [0.05, 0.1) is 26.1 Å². The van der Waals surface area contributed by atoms with Crippen molar-refractivity contribution in [3.05, 3.63) is 17.7 Å². The number of nitrogens with two attached hydrogens (primary N) is 1. The lowest BCUT2D eigenvalue weighted by atomic mass is 10.0. The Morgan fingerprint density at radius 1 is 1.18 bits per heavy atom. The Morgan fingerprint density at radius 2 is 1.73 bits per heavy atom. The fourth-order valence-electron chi connectivity index (χ4n) is 2.65. The van der Waals surface area contributed by atoms with Gasteiger partial charge in [0, 0.05) is 5.56 Å². The summed E-state index contributed by atoms with van der Waals surface area (Å²) in [6.07, 6.45) is 0. The molecule has 1 saturated heterocycles. The third-order valence-electron chi connectivity index (χ3n) is 3.82. The van der Waals surface area contributed by atoms with Crippen LogP contribution in [0.3, 0.4) is 0 Å². The van der Waals surface area contributed by atoms with Gasteiger partial charge in [0.2, 0.25) is 5.75 Å². The highest BCUT2D eigenvalue weighted by Crippen LogP contribution is 2.45. The van der Waals surface area contributed by atoms with E-state index in [1.807, 2.05) is 26.0 Å². The first kappa shape index (κ1) is 16.8. The smallest absolute Gasteiger partial charge is 0.203 e. The SMILES string of the molecule is COc1cc([C@@H]2[NH2+][C@@H](C(=O)[O-])C(C)(C)S2)cc(OC)c1OC. The fourth-order valence-corrected chi connectivity index (χ4v) is 4.14. The highest BCUT2D eigenvalue weighted by atomic mass is 32.2. The lowest BCUT2D eigenvalue weighted by Gasteiger charge is -2.21. The molecule has 0 unspecified atom stereocenters. The summed E-state index contributed by atoms with van der Waals surface area (Å²) in [6.45, 7) is 3.82. The first-order valence-corrected chi connectivity index (χ1v) is 7.75. The van der Waals surface area contributed by atoms with Gasteiger partial charge in [0.25, 0.3) is 0 Å². The molecule has 2 N–H and O–H groups in total. The average Bonchev–Trinajstić information content (AvgIpc) is 2.81. The molecule has 7 heteroatoms. The number of carboxylic acids is 1. The summed E-state index contributed by atoms with van der Waals surface area (Å²) in [5.41, 5.74) is 0.913. The van der Waals surface area contributed by atoms with Crippen LogP contribution >= 0.6 is 11.8 Å². The summed E-state index contributed by atoms with van der Waals surface area (Å²) < 4.78 is 15.6. The molecule has 1 heterocycles. The number of aliphatic carboxylic acids is 1. The number of ether oxygens (including phenoxy) is 3. The lowest BCUT2D eigenvalue weighted by Crippen LogP contribution is -2.92. The second-order valence-corrected chi connectivity index (χ2v) is 7.39. The molecule has 1 aromatic carbocycles. The van der Waals surface area contributed by atoms with Crippen LogP contribution in [0.2, 0.25) is 0 Å². The van der Waals surface area contributed by atoms with Gasteiger partial charge in [-0.15, -0.1) is 0 Å². The lowest BCUT2D eigenvalue weighted by molar-refractivity contribution is -0.695. The molecular formula is C15H21NO5S. The average molecular weight is 327 g/mol. The summed E-state index contributed by atoms with van der Waals surface area (Å²) in [5, 5.41) is 13.0. The van der Waals surface area contributed by atoms with E-state index < -0.39 is 16.8 Å². The number of carboxylic acid groups (broad SMARTS) is 1. The fraction of sp³-hybridized carbons (Fsp3) is 0.533. The van der Waals surface area contributed by atoms with Gasteiger partial charge in [-0.05, 0) is 26.0 Å². The number of benzene rings is 1. The Hall–Kier alpha value is -1.60. The van der Waals surface area contributed by atoms with Crippen LogP contribution < -0.4 is 24.6 Å². The van der Waals surface area contributed by atoms with Crippen molar-refractivity contribution in [3.8, 4) is 17.2 Å². The maximum Gasteiger partial charge on any atom is 0.203 e. The number of methoxy groups -OCH3 is 3. The first-order valence-electron chi connectivity index (χ1n) is 6.87. The minimum Gasteiger partial charge on any atom is -0.544 e. The van der Waals surface area contributed by atoms with Crippen LogP contribution in [-0.4, -0.2) is 38.1 Å². The van der Waals surface area contributed by atoms with Crippen LogP contribution in [0, 0.1) is 0 Å². The Kier molecular flexibility index (Phi) is 4.77. The minimum absolute atomic E-state index is 0.0772. The number of quaternary nitrogens is 1. The van der Waals surface area contributed by atoms with Gasteiger partial charge in [0.1, 0.15) is 12.0 Å². The molecule has 1 aliphatic rings. The molecule has 1 fully saturated rings. The van der Waals surface area contributed by atoms with Crippen LogP contribution in [0.1, 0.15) is 24.8 Å². The highest BCUT2D eigenvalue weighted by Gasteiger charge is 2.46. The van der Waals surface area contributed by atoms with Crippen molar-refractivity contribution >= 4 is 17.7 Å². The van der Waals surface area contributed by atoms with Gasteiger partial charge in [-0.3, -0.25) is 0 Å². The largest absolute Gasteiger partial charge is 0.544 e. The van der Waals surface area contributed by atoms with Gasteiger partial charge in [-0.1, -0.05) is 11.8 Å². The van der Waals surface area contributed by atoms with Gasteiger partial charge < -0.3 is 29.4 Å². The van der Waals surface area contributed by atoms with Crippen LogP contribution in [0.25, 0.3) is 0 Å². The van der Waals surface area contributed by atoms with E-state index in [2.05, 4.69) is 0 Å². The maximum atomic E-state index is 11.3. The van der Waals surface area contributed by atoms with E-state index in [1.165, 1.54) is 0 Å². The monoisotopic (exact) mass is 327 g/mol. The van der Waals surface area contributed by atoms with Crippen molar-refractivity contribution in [3.63, 3.8) is 0 Å². The maximum absolute atomic E-state index is 11.3. The van der Waals surface area contributed by atoms with Crippen molar-refractivity contribution in [2.45, 2.75) is 30.0 Å². The predicted molar refractivity (Wildman–Crippen MR) is 81.2 cm³/mol. The molecule has 0 aromatic heterocycles. The van der Waals surface area contributed by atoms with E-state index in [1.54, 1.807) is 38.4 Å². The van der Waals surface area contributed by atoms with Crippen LogP contribution in [0.4, 0.5) is 0 Å². The molecule has 0 aliphatic carbocycles. The molecule has 0 radical (unpaired) electrons. The third kappa shape index (κ3) is 2.96. The van der Waals surface area contributed by atoms with Crippen molar-refractivity contribution in [1.82, 2.24) is 0 Å². The predicted octanol–water partition coefficient (Wildman–Crippen LogP) is -0.0817. The molecule has 0 amide bonds. The molecule has 2 rings (SSSR count). The third-order valence-corrected chi connectivity index (χ3v) is 5.36. The molecule has 22 heavy (non-hydrogen) atoms. The molecule has 122 valence electrons. The summed E-state index contributed by atoms with van der Waals surface area (Å²) in [4.78, 5) is 11.3. The van der Waals surface area contributed by atoms with E-state index in [4.69, 9.17) is 14.2 Å². The quantitative estimate of drug-likeness (QED) is 0.814. The number of hydrogen-bond donors (Lipinski definition) is 1. The second-order valence-electron chi connectivity index (χ2n) is 5.59. The molecule has 0 spiro atoms. The van der Waals surface area contributed by atoms with Gasteiger partial charge in [0.15, 0.2) is 16.9 Å². The van der Waals surface area contributed by atoms with Gasteiger partial charge >= 0.3 is 0 Å². The van der Waals surface area contributed by atoms with Crippen molar-refractivity contribution in [1.29, 1.82) is 0 Å². The van der Waals surface area contributed by atoms with E-state index in [9.17, 15) is 9.90 Å². The summed E-state index contributed by atoms with van der Waals surface area (Å²) in [6, 6.07) is 3.09. The second kappa shape index (κ2) is 6.26. The van der Waals surface area contributed by atoms with E-state index in [0.29, 0.717) is 17.2 Å². The molecule has 0 bridgehead atoms. The van der Waals surface area contributed by atoms with Crippen LogP contribution in [0.15, 0.2) is 12.1 Å². The summed E-state index contributed by atoms with van der Waals surface area (Å²) in [7, 11) is 4.66. The Balaban J connectivity index is 2.40. The molecule has 6 nitrogen and oxygen atoms in total. The molecular weight excluding hydrogens is 306 g/mol. The Morgan fingerprint density at radius 3 is 2.09 bits per heavy atom.